The monoisotopic (exact) mass is 592 g/mol. The number of aliphatic carboxylic acids is 2. The highest BCUT2D eigenvalue weighted by Crippen LogP contribution is 2.33. The van der Waals surface area contributed by atoms with Gasteiger partial charge in [-0.3, -0.25) is 19.2 Å². The molecule has 2 aliphatic rings. The molecule has 0 unspecified atom stereocenters. The summed E-state index contributed by atoms with van der Waals surface area (Å²) in [6.45, 7) is 11.9. The number of nitrogens with one attached hydrogen (secondary N) is 4. The molecule has 3 atom stereocenters. The molecular weight excluding hydrogens is 548 g/mol. The molecule has 232 valence electrons. The summed E-state index contributed by atoms with van der Waals surface area (Å²) in [6, 6.07) is -0.132. The number of carbonyl (C=O) groups excluding carboxylic acids is 2. The third kappa shape index (κ3) is 6.63. The van der Waals surface area contributed by atoms with Crippen LogP contribution in [0, 0.1) is 25.7 Å². The number of hydrogen-bond acceptors (Lipinski definition) is 4. The van der Waals surface area contributed by atoms with E-state index in [4.69, 9.17) is 0 Å². The number of hydrogen-bond donors (Lipinski definition) is 6. The fraction of sp³-hybridized carbons (Fsp3) is 0.515. The molecule has 10 heteroatoms. The minimum atomic E-state index is -0.886. The summed E-state index contributed by atoms with van der Waals surface area (Å²) in [5, 5.41) is 25.0. The molecule has 4 rings (SSSR count). The van der Waals surface area contributed by atoms with Gasteiger partial charge in [0.2, 0.25) is 11.8 Å². The van der Waals surface area contributed by atoms with Crippen LogP contribution in [0.5, 0.6) is 0 Å². The Morgan fingerprint density at radius 3 is 2.05 bits per heavy atom. The number of aromatic amines is 2. The maximum absolute atomic E-state index is 12.5. The van der Waals surface area contributed by atoms with E-state index in [0.29, 0.717) is 32.1 Å². The molecule has 1 saturated heterocycles. The number of amides is 2. The third-order valence-electron chi connectivity index (χ3n) is 9.37. The smallest absolute Gasteiger partial charge is 0.303 e. The Bertz CT molecular complexity index is 1510. The molecule has 2 aromatic rings. The van der Waals surface area contributed by atoms with Crippen molar-refractivity contribution < 1.29 is 29.4 Å². The van der Waals surface area contributed by atoms with Crippen LogP contribution in [0.1, 0.15) is 98.4 Å². The van der Waals surface area contributed by atoms with Crippen molar-refractivity contribution in [3.05, 3.63) is 61.9 Å². The summed E-state index contributed by atoms with van der Waals surface area (Å²) in [6.07, 6.45) is 5.09. The number of carboxylic acid groups (broad SMARTS) is 2. The largest absolute Gasteiger partial charge is 0.481 e. The van der Waals surface area contributed by atoms with Crippen molar-refractivity contribution in [3.8, 4) is 0 Å². The predicted molar refractivity (Wildman–Crippen MR) is 163 cm³/mol. The van der Waals surface area contributed by atoms with E-state index in [-0.39, 0.29) is 42.5 Å². The molecule has 2 aromatic heterocycles. The number of H-pyrrole nitrogens is 2. The minimum absolute atomic E-state index is 0.000636. The zero-order chi connectivity index (χ0) is 31.6. The molecule has 0 saturated carbocycles. The van der Waals surface area contributed by atoms with Crippen LogP contribution in [0.3, 0.4) is 0 Å². The van der Waals surface area contributed by atoms with Gasteiger partial charge in [-0.25, -0.2) is 0 Å². The molecule has 0 radical (unpaired) electrons. The lowest BCUT2D eigenvalue weighted by Gasteiger charge is -2.12. The summed E-state index contributed by atoms with van der Waals surface area (Å²) < 4.78 is 0. The van der Waals surface area contributed by atoms with E-state index in [1.54, 1.807) is 0 Å². The fourth-order valence-corrected chi connectivity index (χ4v) is 6.71. The van der Waals surface area contributed by atoms with Gasteiger partial charge < -0.3 is 30.8 Å². The molecule has 2 amide bonds. The Labute approximate surface area is 252 Å². The SMILES string of the molecule is CCC1=C(C)[C@@H](Cc2[nH]c(Cc3[nH]c(/C=C4\NC(=O)[C@H](C)[C@H]4CC)c(C)c3CCC(=O)O)c(CCC(=O)O)c2C)NC1=O. The lowest BCUT2D eigenvalue weighted by molar-refractivity contribution is -0.138. The van der Waals surface area contributed by atoms with Gasteiger partial charge in [-0.2, -0.15) is 0 Å². The van der Waals surface area contributed by atoms with E-state index in [2.05, 4.69) is 27.5 Å². The molecule has 0 aliphatic carbocycles. The highest BCUT2D eigenvalue weighted by atomic mass is 16.4. The highest BCUT2D eigenvalue weighted by Gasteiger charge is 2.34. The summed E-state index contributed by atoms with van der Waals surface area (Å²) in [7, 11) is 0. The third-order valence-corrected chi connectivity index (χ3v) is 9.37. The van der Waals surface area contributed by atoms with Crippen molar-refractivity contribution >= 4 is 29.8 Å². The minimum Gasteiger partial charge on any atom is -0.481 e. The molecule has 0 spiro atoms. The van der Waals surface area contributed by atoms with Crippen molar-refractivity contribution in [1.29, 1.82) is 0 Å². The molecule has 0 bridgehead atoms. The van der Waals surface area contributed by atoms with Gasteiger partial charge in [-0.05, 0) is 80.4 Å². The van der Waals surface area contributed by atoms with Gasteiger partial charge in [0.15, 0.2) is 0 Å². The zero-order valence-corrected chi connectivity index (χ0v) is 26.0. The summed E-state index contributed by atoms with van der Waals surface area (Å²) in [4.78, 5) is 55.0. The number of allylic oxidation sites excluding steroid dienone is 1. The molecule has 2 aliphatic heterocycles. The van der Waals surface area contributed by atoms with Gasteiger partial charge in [0.05, 0.1) is 6.04 Å². The van der Waals surface area contributed by atoms with E-state index in [9.17, 15) is 29.4 Å². The van der Waals surface area contributed by atoms with E-state index in [1.165, 1.54) is 0 Å². The maximum Gasteiger partial charge on any atom is 0.303 e. The van der Waals surface area contributed by atoms with Gasteiger partial charge in [0.1, 0.15) is 0 Å². The zero-order valence-electron chi connectivity index (χ0n) is 26.0. The first-order chi connectivity index (χ1) is 20.4. The van der Waals surface area contributed by atoms with Crippen LogP contribution in [0.25, 0.3) is 6.08 Å². The Morgan fingerprint density at radius 2 is 1.49 bits per heavy atom. The Balaban J connectivity index is 1.74. The van der Waals surface area contributed by atoms with Crippen LogP contribution in [-0.2, 0) is 44.9 Å². The average Bonchev–Trinajstić information content (AvgIpc) is 3.59. The average molecular weight is 593 g/mol. The normalized spacial score (nSPS) is 21.2. The lowest BCUT2D eigenvalue weighted by atomic mass is 9.92. The number of carboxylic acids is 2. The second kappa shape index (κ2) is 13.1. The fourth-order valence-electron chi connectivity index (χ4n) is 6.71. The molecular formula is C33H44N4O6. The van der Waals surface area contributed by atoms with Crippen molar-refractivity contribution in [2.75, 3.05) is 0 Å². The van der Waals surface area contributed by atoms with Crippen molar-refractivity contribution in [2.45, 2.75) is 99.0 Å². The Hall–Kier alpha value is -4.08. The molecule has 0 aromatic carbocycles. The molecule has 4 heterocycles. The highest BCUT2D eigenvalue weighted by molar-refractivity contribution is 5.97. The second-order valence-electron chi connectivity index (χ2n) is 11.9. The first kappa shape index (κ1) is 31.8. The van der Waals surface area contributed by atoms with Crippen LogP contribution in [0.4, 0.5) is 0 Å². The van der Waals surface area contributed by atoms with Gasteiger partial charge in [-0.1, -0.05) is 20.8 Å². The summed E-state index contributed by atoms with van der Waals surface area (Å²) in [5.74, 6) is -1.84. The Kier molecular flexibility index (Phi) is 9.67. The quantitative estimate of drug-likeness (QED) is 0.201. The van der Waals surface area contributed by atoms with Crippen molar-refractivity contribution in [2.24, 2.45) is 11.8 Å². The molecule has 6 N–H and O–H groups in total. The van der Waals surface area contributed by atoms with Crippen molar-refractivity contribution in [1.82, 2.24) is 20.6 Å². The van der Waals surface area contributed by atoms with Crippen LogP contribution >= 0.6 is 0 Å². The van der Waals surface area contributed by atoms with Gasteiger partial charge in [0, 0.05) is 71.6 Å². The van der Waals surface area contributed by atoms with Gasteiger partial charge in [-0.15, -0.1) is 0 Å². The maximum atomic E-state index is 12.5. The summed E-state index contributed by atoms with van der Waals surface area (Å²) in [5.41, 5.74) is 9.96. The van der Waals surface area contributed by atoms with E-state index in [0.717, 1.165) is 68.3 Å². The molecule has 43 heavy (non-hydrogen) atoms. The first-order valence-corrected chi connectivity index (χ1v) is 15.2. The van der Waals surface area contributed by atoms with E-state index in [1.807, 2.05) is 40.7 Å². The van der Waals surface area contributed by atoms with E-state index >= 15 is 0 Å². The van der Waals surface area contributed by atoms with Gasteiger partial charge >= 0.3 is 11.9 Å². The molecule has 10 nitrogen and oxygen atoms in total. The number of rotatable bonds is 13. The standard InChI is InChI=1S/C33H44N4O6/c1-7-20-19(6)32(42)37-27(20)14-25-18(5)23(10-12-31(40)41)29(35-25)15-28-22(9-11-30(38)39)17(4)24(34-28)13-26-16(3)21(8-2)33(43)36-26/h14,19-20,26,34-35H,7-13,15H2,1-6H3,(H,36,43)(H,37,42)(H,38,39)(H,40,41)/b27-14-/t19-,20-,26-/m1/s1. The molecule has 1 fully saturated rings. The second-order valence-corrected chi connectivity index (χ2v) is 11.9. The van der Waals surface area contributed by atoms with Crippen LogP contribution in [-0.4, -0.2) is 50.0 Å². The topological polar surface area (TPSA) is 164 Å². The Morgan fingerprint density at radius 1 is 0.884 bits per heavy atom. The predicted octanol–water partition coefficient (Wildman–Crippen LogP) is 4.49. The number of aromatic nitrogens is 2. The van der Waals surface area contributed by atoms with E-state index < -0.39 is 11.9 Å². The first-order valence-electron chi connectivity index (χ1n) is 15.2. The lowest BCUT2D eigenvalue weighted by Crippen LogP contribution is -2.30. The number of carbonyl (C=O) groups is 4. The van der Waals surface area contributed by atoms with Crippen LogP contribution < -0.4 is 10.6 Å². The summed E-state index contributed by atoms with van der Waals surface area (Å²) >= 11 is 0. The van der Waals surface area contributed by atoms with Crippen LogP contribution in [0.15, 0.2) is 16.8 Å². The van der Waals surface area contributed by atoms with Crippen LogP contribution in [0.2, 0.25) is 0 Å². The van der Waals surface area contributed by atoms with Crippen molar-refractivity contribution in [3.63, 3.8) is 0 Å². The van der Waals surface area contributed by atoms with Gasteiger partial charge in [0.25, 0.3) is 0 Å².